The van der Waals surface area contributed by atoms with Gasteiger partial charge in [0.05, 0.1) is 6.10 Å². The van der Waals surface area contributed by atoms with Gasteiger partial charge in [0.25, 0.3) is 0 Å². The first-order valence-electron chi connectivity index (χ1n) is 4.19. The molecule has 12 heavy (non-hydrogen) atoms. The molecular weight excluding hydrogens is 154 g/mol. The van der Waals surface area contributed by atoms with Crippen molar-refractivity contribution in [3.63, 3.8) is 0 Å². The van der Waals surface area contributed by atoms with Gasteiger partial charge >= 0.3 is 0 Å². The summed E-state index contributed by atoms with van der Waals surface area (Å²) in [5.74, 6) is -0.190. The Labute approximate surface area is 73.5 Å². The predicted octanol–water partition coefficient (Wildman–Crippen LogP) is 0.840. The average Bonchev–Trinajstić information content (AvgIpc) is 2.00. The molecule has 2 N–H and O–H groups in total. The lowest BCUT2D eigenvalue weighted by Gasteiger charge is -2.09. The Morgan fingerprint density at radius 2 is 2.25 bits per heavy atom. The van der Waals surface area contributed by atoms with Crippen molar-refractivity contribution < 1.29 is 9.90 Å². The third-order valence-electron chi connectivity index (χ3n) is 1.51. The maximum Gasteiger partial charge on any atom is 0.246 e. The predicted molar refractivity (Wildman–Crippen MR) is 48.7 cm³/mol. The van der Waals surface area contributed by atoms with Gasteiger partial charge in [0.2, 0.25) is 5.91 Å². The molecule has 0 fully saturated rings. The van der Waals surface area contributed by atoms with Gasteiger partial charge in [0.1, 0.15) is 0 Å². The van der Waals surface area contributed by atoms with Crippen molar-refractivity contribution in [2.75, 3.05) is 6.54 Å². The second-order valence-corrected chi connectivity index (χ2v) is 2.93. The molecule has 0 aliphatic rings. The molecule has 3 heteroatoms. The first-order valence-corrected chi connectivity index (χ1v) is 4.19. The molecule has 1 amide bonds. The molecule has 70 valence electrons. The minimum Gasteiger partial charge on any atom is -0.391 e. The van der Waals surface area contributed by atoms with Crippen LogP contribution in [-0.2, 0) is 4.79 Å². The van der Waals surface area contributed by atoms with Gasteiger partial charge in [-0.05, 0) is 13.3 Å². The Morgan fingerprint density at radius 3 is 2.67 bits per heavy atom. The molecule has 0 aliphatic heterocycles. The van der Waals surface area contributed by atoms with Crippen molar-refractivity contribution in [3.8, 4) is 0 Å². The Bertz CT molecular complexity index is 166. The number of nitrogens with one attached hydrogen (secondary N) is 1. The molecule has 0 heterocycles. The number of rotatable bonds is 5. The van der Waals surface area contributed by atoms with Crippen LogP contribution in [0.3, 0.4) is 0 Å². The molecule has 1 atom stereocenters. The lowest BCUT2D eigenvalue weighted by atomic mass is 10.2. The first kappa shape index (κ1) is 11.2. The van der Waals surface area contributed by atoms with E-state index < -0.39 is 6.10 Å². The van der Waals surface area contributed by atoms with Crippen LogP contribution in [0.2, 0.25) is 0 Å². The van der Waals surface area contributed by atoms with Gasteiger partial charge < -0.3 is 10.4 Å². The molecule has 0 aromatic rings. The zero-order chi connectivity index (χ0) is 9.56. The van der Waals surface area contributed by atoms with Crippen molar-refractivity contribution in [1.82, 2.24) is 5.32 Å². The molecule has 0 radical (unpaired) electrons. The fraction of sp³-hybridized carbons (Fsp3) is 0.667. The fourth-order valence-electron chi connectivity index (χ4n) is 0.797. The molecule has 0 rings (SSSR count). The third kappa shape index (κ3) is 4.91. The SMILES string of the molecule is C=C(C)C(=O)NCC(O)CCC. The van der Waals surface area contributed by atoms with Crippen LogP contribution >= 0.6 is 0 Å². The van der Waals surface area contributed by atoms with Gasteiger partial charge in [-0.1, -0.05) is 19.9 Å². The van der Waals surface area contributed by atoms with E-state index in [0.29, 0.717) is 12.1 Å². The lowest BCUT2D eigenvalue weighted by Crippen LogP contribution is -2.32. The highest BCUT2D eigenvalue weighted by Crippen LogP contribution is 1.94. The molecule has 0 aliphatic carbocycles. The van der Waals surface area contributed by atoms with Gasteiger partial charge in [0.15, 0.2) is 0 Å². The largest absolute Gasteiger partial charge is 0.391 e. The van der Waals surface area contributed by atoms with Gasteiger partial charge in [-0.15, -0.1) is 0 Å². The molecular formula is C9H17NO2. The summed E-state index contributed by atoms with van der Waals surface area (Å²) in [5.41, 5.74) is 0.471. The summed E-state index contributed by atoms with van der Waals surface area (Å²) in [7, 11) is 0. The summed E-state index contributed by atoms with van der Waals surface area (Å²) in [4.78, 5) is 10.9. The van der Waals surface area contributed by atoms with E-state index in [2.05, 4.69) is 11.9 Å². The van der Waals surface area contributed by atoms with Crippen LogP contribution in [-0.4, -0.2) is 23.7 Å². The Balaban J connectivity index is 3.54. The van der Waals surface area contributed by atoms with Gasteiger partial charge in [-0.25, -0.2) is 0 Å². The number of aliphatic hydroxyl groups is 1. The van der Waals surface area contributed by atoms with E-state index in [1.165, 1.54) is 0 Å². The van der Waals surface area contributed by atoms with Crippen LogP contribution in [0.4, 0.5) is 0 Å². The van der Waals surface area contributed by atoms with Crippen molar-refractivity contribution in [2.24, 2.45) is 0 Å². The zero-order valence-corrected chi connectivity index (χ0v) is 7.76. The Kier molecular flexibility index (Phi) is 5.37. The van der Waals surface area contributed by atoms with Crippen molar-refractivity contribution in [2.45, 2.75) is 32.8 Å². The highest BCUT2D eigenvalue weighted by molar-refractivity contribution is 5.92. The van der Waals surface area contributed by atoms with E-state index in [1.807, 2.05) is 6.92 Å². The van der Waals surface area contributed by atoms with Gasteiger partial charge in [-0.3, -0.25) is 4.79 Å². The molecule has 0 saturated carbocycles. The van der Waals surface area contributed by atoms with Crippen LogP contribution in [0.25, 0.3) is 0 Å². The maximum atomic E-state index is 10.9. The second kappa shape index (κ2) is 5.77. The molecule has 3 nitrogen and oxygen atoms in total. The molecule has 0 bridgehead atoms. The van der Waals surface area contributed by atoms with Crippen molar-refractivity contribution in [1.29, 1.82) is 0 Å². The van der Waals surface area contributed by atoms with E-state index in [4.69, 9.17) is 0 Å². The first-order chi connectivity index (χ1) is 5.57. The summed E-state index contributed by atoms with van der Waals surface area (Å²) in [6.45, 7) is 7.43. The normalized spacial score (nSPS) is 12.2. The molecule has 0 aromatic heterocycles. The number of hydrogen-bond acceptors (Lipinski definition) is 2. The standard InChI is InChI=1S/C9H17NO2/c1-4-5-8(11)6-10-9(12)7(2)3/h8,11H,2,4-6H2,1,3H3,(H,10,12). The van der Waals surface area contributed by atoms with Crippen LogP contribution in [0.15, 0.2) is 12.2 Å². The minimum absolute atomic E-state index is 0.190. The van der Waals surface area contributed by atoms with Crippen LogP contribution < -0.4 is 5.32 Å². The smallest absolute Gasteiger partial charge is 0.246 e. The van der Waals surface area contributed by atoms with Gasteiger partial charge in [-0.2, -0.15) is 0 Å². The molecule has 0 aromatic carbocycles. The van der Waals surface area contributed by atoms with Crippen molar-refractivity contribution >= 4 is 5.91 Å². The van der Waals surface area contributed by atoms with E-state index in [1.54, 1.807) is 6.92 Å². The van der Waals surface area contributed by atoms with Crippen LogP contribution in [0, 0.1) is 0 Å². The van der Waals surface area contributed by atoms with E-state index in [0.717, 1.165) is 12.8 Å². The monoisotopic (exact) mass is 171 g/mol. The summed E-state index contributed by atoms with van der Waals surface area (Å²) in [6.07, 6.45) is 1.21. The lowest BCUT2D eigenvalue weighted by molar-refractivity contribution is -0.117. The van der Waals surface area contributed by atoms with E-state index in [9.17, 15) is 9.90 Å². The average molecular weight is 171 g/mol. The number of hydrogen-bond donors (Lipinski definition) is 2. The number of carbonyl (C=O) groups excluding carboxylic acids is 1. The highest BCUT2D eigenvalue weighted by Gasteiger charge is 2.05. The molecule has 0 spiro atoms. The third-order valence-corrected chi connectivity index (χ3v) is 1.51. The van der Waals surface area contributed by atoms with Crippen LogP contribution in [0.1, 0.15) is 26.7 Å². The van der Waals surface area contributed by atoms with E-state index >= 15 is 0 Å². The molecule has 1 unspecified atom stereocenters. The Morgan fingerprint density at radius 1 is 1.67 bits per heavy atom. The topological polar surface area (TPSA) is 49.3 Å². The zero-order valence-electron chi connectivity index (χ0n) is 7.76. The van der Waals surface area contributed by atoms with Crippen molar-refractivity contribution in [3.05, 3.63) is 12.2 Å². The summed E-state index contributed by atoms with van der Waals surface area (Å²) < 4.78 is 0. The summed E-state index contributed by atoms with van der Waals surface area (Å²) in [6, 6.07) is 0. The maximum absolute atomic E-state index is 10.9. The minimum atomic E-state index is -0.432. The van der Waals surface area contributed by atoms with Gasteiger partial charge in [0, 0.05) is 12.1 Å². The number of carbonyl (C=O) groups is 1. The Hall–Kier alpha value is -0.830. The number of aliphatic hydroxyl groups excluding tert-OH is 1. The van der Waals surface area contributed by atoms with E-state index in [-0.39, 0.29) is 5.91 Å². The fourth-order valence-corrected chi connectivity index (χ4v) is 0.797. The summed E-state index contributed by atoms with van der Waals surface area (Å²) in [5, 5.41) is 11.8. The molecule has 0 saturated heterocycles. The number of amides is 1. The second-order valence-electron chi connectivity index (χ2n) is 2.93. The highest BCUT2D eigenvalue weighted by atomic mass is 16.3. The quantitative estimate of drug-likeness (QED) is 0.602. The summed E-state index contributed by atoms with van der Waals surface area (Å²) >= 11 is 0. The van der Waals surface area contributed by atoms with Crippen LogP contribution in [0.5, 0.6) is 0 Å².